The highest BCUT2D eigenvalue weighted by Crippen LogP contribution is 2.32. The van der Waals surface area contributed by atoms with E-state index >= 15 is 0 Å². The number of hydrogen-bond acceptors (Lipinski definition) is 5. The first kappa shape index (κ1) is 17.7. The van der Waals surface area contributed by atoms with Gasteiger partial charge in [-0.3, -0.25) is 0 Å². The number of methoxy groups -OCH3 is 1. The van der Waals surface area contributed by atoms with Crippen LogP contribution in [0.15, 0.2) is 48.7 Å². The maximum Gasteiger partial charge on any atom is 0.257 e. The summed E-state index contributed by atoms with van der Waals surface area (Å²) < 4.78 is 16.8. The van der Waals surface area contributed by atoms with Crippen molar-refractivity contribution in [1.82, 2.24) is 10.3 Å². The van der Waals surface area contributed by atoms with Gasteiger partial charge in [-0.05, 0) is 36.6 Å². The van der Waals surface area contributed by atoms with E-state index in [0.717, 1.165) is 19.5 Å². The molecule has 0 saturated carbocycles. The number of pyridine rings is 1. The molecule has 1 fully saturated rings. The molecule has 0 spiro atoms. The van der Waals surface area contributed by atoms with Crippen LogP contribution in [0.1, 0.15) is 17.9 Å². The Morgan fingerprint density at radius 3 is 2.80 bits per heavy atom. The number of ether oxygens (including phenoxy) is 3. The average molecular weight is 342 g/mol. The van der Waals surface area contributed by atoms with E-state index in [-0.39, 0.29) is 0 Å². The molecule has 2 atom stereocenters. The summed E-state index contributed by atoms with van der Waals surface area (Å²) in [5, 5.41) is 3.48. The molecule has 5 nitrogen and oxygen atoms in total. The summed E-state index contributed by atoms with van der Waals surface area (Å²) in [6.45, 7) is 3.63. The van der Waals surface area contributed by atoms with E-state index in [1.54, 1.807) is 13.3 Å². The van der Waals surface area contributed by atoms with Crippen LogP contribution in [0.4, 0.5) is 0 Å². The normalized spacial score (nSPS) is 20.2. The zero-order valence-electron chi connectivity index (χ0n) is 14.7. The number of nitrogens with zero attached hydrogens (tertiary/aromatic N) is 1. The Kier molecular flexibility index (Phi) is 6.65. The first-order chi connectivity index (χ1) is 12.4. The van der Waals surface area contributed by atoms with Crippen LogP contribution in [0.2, 0.25) is 0 Å². The van der Waals surface area contributed by atoms with Crippen molar-refractivity contribution in [1.29, 1.82) is 0 Å². The highest BCUT2D eigenvalue weighted by Gasteiger charge is 2.27. The molecule has 3 rings (SSSR count). The van der Waals surface area contributed by atoms with Crippen LogP contribution in [0.5, 0.6) is 11.6 Å². The predicted octanol–water partition coefficient (Wildman–Crippen LogP) is 2.88. The first-order valence-corrected chi connectivity index (χ1v) is 8.83. The number of hydrogen-bond donors (Lipinski definition) is 1. The largest absolute Gasteiger partial charge is 0.488 e. The third-order valence-corrected chi connectivity index (χ3v) is 4.55. The maximum atomic E-state index is 6.09. The SMILES string of the molecule is COCCOc1ncccc1OC[C@H]1CNCC[C@@H]1c1ccccc1. The molecule has 5 heteroatoms. The lowest BCUT2D eigenvalue weighted by atomic mass is 9.81. The second-order valence-corrected chi connectivity index (χ2v) is 6.23. The smallest absolute Gasteiger partial charge is 0.257 e. The first-order valence-electron chi connectivity index (χ1n) is 8.83. The minimum Gasteiger partial charge on any atom is -0.488 e. The lowest BCUT2D eigenvalue weighted by Crippen LogP contribution is -2.38. The van der Waals surface area contributed by atoms with Crippen LogP contribution in [0.3, 0.4) is 0 Å². The van der Waals surface area contributed by atoms with Crippen LogP contribution in [-0.2, 0) is 4.74 Å². The van der Waals surface area contributed by atoms with Gasteiger partial charge in [0.25, 0.3) is 5.88 Å². The molecule has 1 aromatic carbocycles. The number of benzene rings is 1. The van der Waals surface area contributed by atoms with Gasteiger partial charge in [0.2, 0.25) is 0 Å². The van der Waals surface area contributed by atoms with Crippen LogP contribution in [0.25, 0.3) is 0 Å². The quantitative estimate of drug-likeness (QED) is 0.748. The van der Waals surface area contributed by atoms with Crippen molar-refractivity contribution in [3.8, 4) is 11.6 Å². The van der Waals surface area contributed by atoms with Crippen molar-refractivity contribution in [2.75, 3.05) is 40.0 Å². The van der Waals surface area contributed by atoms with Gasteiger partial charge >= 0.3 is 0 Å². The maximum absolute atomic E-state index is 6.09. The molecule has 1 aromatic heterocycles. The van der Waals surface area contributed by atoms with Gasteiger partial charge < -0.3 is 19.5 Å². The molecule has 0 aliphatic carbocycles. The second-order valence-electron chi connectivity index (χ2n) is 6.23. The lowest BCUT2D eigenvalue weighted by molar-refractivity contribution is 0.137. The fourth-order valence-electron chi connectivity index (χ4n) is 3.25. The van der Waals surface area contributed by atoms with Crippen molar-refractivity contribution in [2.24, 2.45) is 5.92 Å². The van der Waals surface area contributed by atoms with Gasteiger partial charge in [-0.15, -0.1) is 0 Å². The van der Waals surface area contributed by atoms with E-state index in [0.29, 0.717) is 43.3 Å². The summed E-state index contributed by atoms with van der Waals surface area (Å²) in [6, 6.07) is 14.5. The Balaban J connectivity index is 1.63. The van der Waals surface area contributed by atoms with Gasteiger partial charge in [-0.1, -0.05) is 30.3 Å². The molecule has 2 heterocycles. The second kappa shape index (κ2) is 9.39. The minimum atomic E-state index is 0.420. The molecule has 0 bridgehead atoms. The summed E-state index contributed by atoms with van der Waals surface area (Å²) in [5.41, 5.74) is 1.39. The van der Waals surface area contributed by atoms with Crippen LogP contribution >= 0.6 is 0 Å². The van der Waals surface area contributed by atoms with Gasteiger partial charge in [-0.2, -0.15) is 0 Å². The molecule has 0 unspecified atom stereocenters. The Morgan fingerprint density at radius 2 is 1.96 bits per heavy atom. The van der Waals surface area contributed by atoms with Gasteiger partial charge in [-0.25, -0.2) is 4.98 Å². The summed E-state index contributed by atoms with van der Waals surface area (Å²) in [6.07, 6.45) is 2.84. The Hall–Kier alpha value is -2.11. The van der Waals surface area contributed by atoms with Gasteiger partial charge in [0.1, 0.15) is 6.61 Å². The molecule has 134 valence electrons. The van der Waals surface area contributed by atoms with Crippen LogP contribution < -0.4 is 14.8 Å². The Labute approximate surface area is 149 Å². The van der Waals surface area contributed by atoms with Crippen molar-refractivity contribution in [3.63, 3.8) is 0 Å². The third-order valence-electron chi connectivity index (χ3n) is 4.55. The summed E-state index contributed by atoms with van der Waals surface area (Å²) >= 11 is 0. The zero-order chi connectivity index (χ0) is 17.3. The predicted molar refractivity (Wildman–Crippen MR) is 97.3 cm³/mol. The average Bonchev–Trinajstić information content (AvgIpc) is 2.68. The summed E-state index contributed by atoms with van der Waals surface area (Å²) in [5.74, 6) is 2.15. The van der Waals surface area contributed by atoms with Crippen molar-refractivity contribution in [3.05, 3.63) is 54.2 Å². The molecule has 0 amide bonds. The zero-order valence-corrected chi connectivity index (χ0v) is 14.7. The molecule has 1 aliphatic heterocycles. The Bertz CT molecular complexity index is 636. The topological polar surface area (TPSA) is 52.6 Å². The van der Waals surface area contributed by atoms with Crippen LogP contribution in [-0.4, -0.2) is 45.0 Å². The summed E-state index contributed by atoms with van der Waals surface area (Å²) in [7, 11) is 1.65. The summed E-state index contributed by atoms with van der Waals surface area (Å²) in [4.78, 5) is 4.27. The van der Waals surface area contributed by atoms with Gasteiger partial charge in [0.05, 0.1) is 13.2 Å². The molecule has 1 N–H and O–H groups in total. The number of piperidine rings is 1. The molecule has 1 saturated heterocycles. The molecular weight excluding hydrogens is 316 g/mol. The molecule has 0 radical (unpaired) electrons. The van der Waals surface area contributed by atoms with Gasteiger partial charge in [0.15, 0.2) is 5.75 Å². The van der Waals surface area contributed by atoms with Gasteiger partial charge in [0, 0.05) is 25.8 Å². The van der Waals surface area contributed by atoms with E-state index in [2.05, 4.69) is 40.6 Å². The minimum absolute atomic E-state index is 0.420. The highest BCUT2D eigenvalue weighted by molar-refractivity contribution is 5.32. The van der Waals surface area contributed by atoms with E-state index in [1.165, 1.54) is 5.56 Å². The lowest BCUT2D eigenvalue weighted by Gasteiger charge is -2.32. The van der Waals surface area contributed by atoms with Crippen LogP contribution in [0, 0.1) is 5.92 Å². The number of aromatic nitrogens is 1. The molecular formula is C20H26N2O3. The molecule has 1 aliphatic rings. The highest BCUT2D eigenvalue weighted by atomic mass is 16.5. The molecule has 25 heavy (non-hydrogen) atoms. The standard InChI is InChI=1S/C20H26N2O3/c1-23-12-13-24-20-19(8-5-10-22-20)25-15-17-14-21-11-9-18(17)16-6-3-2-4-7-16/h2-8,10,17-18,21H,9,11-15H2,1H3/t17-,18-/m1/s1. The van der Waals surface area contributed by atoms with E-state index in [1.807, 2.05) is 12.1 Å². The Morgan fingerprint density at radius 1 is 1.08 bits per heavy atom. The fourth-order valence-corrected chi connectivity index (χ4v) is 3.25. The number of rotatable bonds is 8. The van der Waals surface area contributed by atoms with E-state index in [4.69, 9.17) is 14.2 Å². The van der Waals surface area contributed by atoms with Crippen molar-refractivity contribution < 1.29 is 14.2 Å². The van der Waals surface area contributed by atoms with E-state index < -0.39 is 0 Å². The third kappa shape index (κ3) is 4.94. The fraction of sp³-hybridized carbons (Fsp3) is 0.450. The van der Waals surface area contributed by atoms with Crippen molar-refractivity contribution >= 4 is 0 Å². The monoisotopic (exact) mass is 342 g/mol. The van der Waals surface area contributed by atoms with E-state index in [9.17, 15) is 0 Å². The number of nitrogens with one attached hydrogen (secondary N) is 1. The van der Waals surface area contributed by atoms with Crippen molar-refractivity contribution in [2.45, 2.75) is 12.3 Å². The molecule has 2 aromatic rings.